The summed E-state index contributed by atoms with van der Waals surface area (Å²) >= 11 is 0. The van der Waals surface area contributed by atoms with Gasteiger partial charge in [0.05, 0.1) is 24.4 Å². The van der Waals surface area contributed by atoms with E-state index in [0.29, 0.717) is 6.04 Å². The smallest absolute Gasteiger partial charge is 0.0830 e. The average molecular weight is 340 g/mol. The molecule has 1 aromatic heterocycles. The zero-order valence-electron chi connectivity index (χ0n) is 15.2. The van der Waals surface area contributed by atoms with Crippen molar-refractivity contribution in [3.05, 3.63) is 47.8 Å². The number of likely N-dealkylation sites (tertiary alicyclic amines) is 1. The molecule has 2 aliphatic heterocycles. The van der Waals surface area contributed by atoms with Crippen LogP contribution in [0.1, 0.15) is 30.4 Å². The summed E-state index contributed by atoms with van der Waals surface area (Å²) < 4.78 is 8.22. The molecule has 3 heterocycles. The van der Waals surface area contributed by atoms with Gasteiger partial charge in [-0.25, -0.2) is 0 Å². The zero-order chi connectivity index (χ0) is 17.3. The second-order valence-electron chi connectivity index (χ2n) is 7.75. The van der Waals surface area contributed by atoms with Crippen LogP contribution in [0.5, 0.6) is 0 Å². The highest BCUT2D eigenvalue weighted by Crippen LogP contribution is 2.36. The summed E-state index contributed by atoms with van der Waals surface area (Å²) in [6.45, 7) is 6.07. The van der Waals surface area contributed by atoms with E-state index in [4.69, 9.17) is 4.74 Å². The Balaban J connectivity index is 1.37. The predicted molar refractivity (Wildman–Crippen MR) is 99.6 cm³/mol. The lowest BCUT2D eigenvalue weighted by atomic mass is 9.88. The predicted octanol–water partition coefficient (Wildman–Crippen LogP) is 2.96. The highest BCUT2D eigenvalue weighted by Gasteiger charge is 2.43. The molecule has 1 spiro atoms. The molecule has 1 N–H and O–H groups in total. The number of ether oxygens (including phenoxy) is 1. The van der Waals surface area contributed by atoms with Crippen LogP contribution in [0.2, 0.25) is 0 Å². The van der Waals surface area contributed by atoms with E-state index in [1.807, 2.05) is 17.9 Å². The van der Waals surface area contributed by atoms with Crippen molar-refractivity contribution in [2.24, 2.45) is 7.05 Å². The standard InChI is InChI=1S/C20H28N4O/c1-16-5-3-6-18(9-16)22-19-10-20(25-14-19)7-4-8-24(15-20)13-17-11-21-23(2)12-17/h3,5-6,9,11-12,19,22H,4,7-8,10,13-15H2,1-2H3. The number of hydrogen-bond acceptors (Lipinski definition) is 4. The Morgan fingerprint density at radius 2 is 2.32 bits per heavy atom. The topological polar surface area (TPSA) is 42.3 Å². The van der Waals surface area contributed by atoms with Crippen molar-refractivity contribution in [3.63, 3.8) is 0 Å². The van der Waals surface area contributed by atoms with Crippen molar-refractivity contribution < 1.29 is 4.74 Å². The van der Waals surface area contributed by atoms with E-state index in [0.717, 1.165) is 32.7 Å². The number of anilines is 1. The highest BCUT2D eigenvalue weighted by molar-refractivity contribution is 5.46. The van der Waals surface area contributed by atoms with Crippen molar-refractivity contribution in [1.29, 1.82) is 0 Å². The maximum atomic E-state index is 6.34. The van der Waals surface area contributed by atoms with Crippen LogP contribution in [0.25, 0.3) is 0 Å². The number of aryl methyl sites for hydroxylation is 2. The second kappa shape index (κ2) is 6.81. The Bertz CT molecular complexity index is 728. The SMILES string of the molecule is Cc1cccc(NC2COC3(CCCN(Cc4cnn(C)c4)C3)C2)c1. The van der Waals surface area contributed by atoms with Crippen molar-refractivity contribution in [2.45, 2.75) is 44.4 Å². The first-order chi connectivity index (χ1) is 12.1. The summed E-state index contributed by atoms with van der Waals surface area (Å²) in [5.41, 5.74) is 3.79. The first-order valence-electron chi connectivity index (χ1n) is 9.27. The average Bonchev–Trinajstić information content (AvgIpc) is 3.14. The molecule has 2 aliphatic rings. The van der Waals surface area contributed by atoms with Gasteiger partial charge in [-0.3, -0.25) is 9.58 Å². The fourth-order valence-electron chi connectivity index (χ4n) is 4.33. The van der Waals surface area contributed by atoms with E-state index < -0.39 is 0 Å². The Morgan fingerprint density at radius 3 is 3.12 bits per heavy atom. The van der Waals surface area contributed by atoms with Gasteiger partial charge in [0, 0.05) is 37.6 Å². The minimum Gasteiger partial charge on any atom is -0.380 e. The van der Waals surface area contributed by atoms with Crippen LogP contribution in [0.15, 0.2) is 36.7 Å². The van der Waals surface area contributed by atoms with Crippen LogP contribution >= 0.6 is 0 Å². The maximum absolute atomic E-state index is 6.34. The van der Waals surface area contributed by atoms with E-state index in [-0.39, 0.29) is 5.60 Å². The van der Waals surface area contributed by atoms with Crippen LogP contribution in [0, 0.1) is 6.92 Å². The summed E-state index contributed by atoms with van der Waals surface area (Å²) in [5, 5.41) is 7.95. The third-order valence-corrected chi connectivity index (χ3v) is 5.38. The number of piperidine rings is 1. The van der Waals surface area contributed by atoms with E-state index in [9.17, 15) is 0 Å². The molecule has 0 saturated carbocycles. The van der Waals surface area contributed by atoms with Gasteiger partial charge in [-0.05, 0) is 50.4 Å². The van der Waals surface area contributed by atoms with Gasteiger partial charge in [-0.15, -0.1) is 0 Å². The molecule has 1 aromatic carbocycles. The van der Waals surface area contributed by atoms with E-state index >= 15 is 0 Å². The van der Waals surface area contributed by atoms with Gasteiger partial charge in [0.25, 0.3) is 0 Å². The number of hydrogen-bond donors (Lipinski definition) is 1. The summed E-state index contributed by atoms with van der Waals surface area (Å²) in [6, 6.07) is 9.00. The van der Waals surface area contributed by atoms with Gasteiger partial charge >= 0.3 is 0 Å². The van der Waals surface area contributed by atoms with Gasteiger partial charge in [-0.1, -0.05) is 12.1 Å². The number of nitrogens with one attached hydrogen (secondary N) is 1. The fraction of sp³-hybridized carbons (Fsp3) is 0.550. The molecule has 2 saturated heterocycles. The molecule has 2 aromatic rings. The molecule has 0 bridgehead atoms. The lowest BCUT2D eigenvalue weighted by Gasteiger charge is -2.39. The maximum Gasteiger partial charge on any atom is 0.0830 e. The molecule has 134 valence electrons. The molecule has 2 fully saturated rings. The molecule has 0 radical (unpaired) electrons. The van der Waals surface area contributed by atoms with Crippen LogP contribution < -0.4 is 5.32 Å². The molecule has 25 heavy (non-hydrogen) atoms. The molecular weight excluding hydrogens is 312 g/mol. The first kappa shape index (κ1) is 16.6. The number of nitrogens with zero attached hydrogens (tertiary/aromatic N) is 3. The Morgan fingerprint density at radius 1 is 1.40 bits per heavy atom. The van der Waals surface area contributed by atoms with Crippen molar-refractivity contribution in [2.75, 3.05) is 25.0 Å². The molecule has 2 atom stereocenters. The third kappa shape index (κ3) is 3.88. The monoisotopic (exact) mass is 340 g/mol. The van der Waals surface area contributed by atoms with Gasteiger partial charge < -0.3 is 10.1 Å². The normalized spacial score (nSPS) is 27.0. The van der Waals surface area contributed by atoms with Crippen LogP contribution in [0.3, 0.4) is 0 Å². The summed E-state index contributed by atoms with van der Waals surface area (Å²) in [5.74, 6) is 0. The van der Waals surface area contributed by atoms with Crippen LogP contribution in [-0.2, 0) is 18.3 Å². The minimum absolute atomic E-state index is 0.0158. The van der Waals surface area contributed by atoms with Crippen molar-refractivity contribution in [1.82, 2.24) is 14.7 Å². The second-order valence-corrected chi connectivity index (χ2v) is 7.75. The van der Waals surface area contributed by atoms with Gasteiger partial charge in [0.1, 0.15) is 0 Å². The lowest BCUT2D eigenvalue weighted by molar-refractivity contribution is -0.0533. The number of aromatic nitrogens is 2. The van der Waals surface area contributed by atoms with Crippen LogP contribution in [0.4, 0.5) is 5.69 Å². The van der Waals surface area contributed by atoms with Crippen molar-refractivity contribution in [3.8, 4) is 0 Å². The Hall–Kier alpha value is -1.85. The van der Waals surface area contributed by atoms with E-state index in [1.54, 1.807) is 0 Å². The number of benzene rings is 1. The van der Waals surface area contributed by atoms with Crippen molar-refractivity contribution >= 4 is 5.69 Å². The van der Waals surface area contributed by atoms with E-state index in [2.05, 4.69) is 52.7 Å². The molecule has 0 amide bonds. The molecule has 2 unspecified atom stereocenters. The Labute approximate surface area is 150 Å². The molecule has 0 aliphatic carbocycles. The number of rotatable bonds is 4. The molecule has 4 rings (SSSR count). The Kier molecular flexibility index (Phi) is 4.52. The van der Waals surface area contributed by atoms with Gasteiger partial charge in [0.15, 0.2) is 0 Å². The summed E-state index contributed by atoms with van der Waals surface area (Å²) in [7, 11) is 1.98. The first-order valence-corrected chi connectivity index (χ1v) is 9.27. The highest BCUT2D eigenvalue weighted by atomic mass is 16.5. The van der Waals surface area contributed by atoms with E-state index in [1.165, 1.54) is 29.7 Å². The molecule has 5 nitrogen and oxygen atoms in total. The largest absolute Gasteiger partial charge is 0.380 e. The van der Waals surface area contributed by atoms with Gasteiger partial charge in [0.2, 0.25) is 0 Å². The minimum atomic E-state index is 0.0158. The lowest BCUT2D eigenvalue weighted by Crippen LogP contribution is -2.47. The summed E-state index contributed by atoms with van der Waals surface area (Å²) in [4.78, 5) is 2.52. The quantitative estimate of drug-likeness (QED) is 0.929. The fourth-order valence-corrected chi connectivity index (χ4v) is 4.33. The third-order valence-electron chi connectivity index (χ3n) is 5.38. The van der Waals surface area contributed by atoms with Crippen LogP contribution in [-0.4, -0.2) is 46.0 Å². The van der Waals surface area contributed by atoms with Gasteiger partial charge in [-0.2, -0.15) is 5.10 Å². The summed E-state index contributed by atoms with van der Waals surface area (Å²) in [6.07, 6.45) is 7.54. The zero-order valence-corrected chi connectivity index (χ0v) is 15.2. The molecular formula is C20H28N4O. The molecule has 5 heteroatoms.